The third-order valence-electron chi connectivity index (χ3n) is 5.15. The smallest absolute Gasteiger partial charge is 0.252 e. The van der Waals surface area contributed by atoms with E-state index in [-0.39, 0.29) is 11.9 Å². The standard InChI is InChI=1S/C24H24N4O/c1-4-21(17-11-9-16(2)10-12-17)27-24(29)20-13-23(18-14-25-28(3)15-18)26-22-8-6-5-7-19(20)22/h5-15,21H,4H2,1-3H3,(H,27,29). The number of nitrogens with one attached hydrogen (secondary N) is 1. The molecule has 0 aliphatic carbocycles. The highest BCUT2D eigenvalue weighted by atomic mass is 16.1. The van der Waals surface area contributed by atoms with Crippen LogP contribution in [-0.2, 0) is 7.05 Å². The van der Waals surface area contributed by atoms with Gasteiger partial charge in [0, 0.05) is 24.2 Å². The number of pyridine rings is 1. The Hall–Kier alpha value is -3.47. The summed E-state index contributed by atoms with van der Waals surface area (Å²) < 4.78 is 1.73. The molecule has 5 nitrogen and oxygen atoms in total. The van der Waals surface area contributed by atoms with E-state index < -0.39 is 0 Å². The fourth-order valence-corrected chi connectivity index (χ4v) is 3.52. The van der Waals surface area contributed by atoms with Crippen LogP contribution in [0.4, 0.5) is 0 Å². The first kappa shape index (κ1) is 18.9. The van der Waals surface area contributed by atoms with Crippen LogP contribution in [0.15, 0.2) is 67.0 Å². The van der Waals surface area contributed by atoms with E-state index >= 15 is 0 Å². The number of fused-ring (bicyclic) bond motifs is 1. The maximum Gasteiger partial charge on any atom is 0.252 e. The molecule has 4 aromatic rings. The normalized spacial score (nSPS) is 12.1. The second-order valence-corrected chi connectivity index (χ2v) is 7.32. The summed E-state index contributed by atoms with van der Waals surface area (Å²) in [6.45, 7) is 4.14. The van der Waals surface area contributed by atoms with Crippen molar-refractivity contribution in [1.82, 2.24) is 20.1 Å². The van der Waals surface area contributed by atoms with Crippen molar-refractivity contribution in [1.29, 1.82) is 0 Å². The van der Waals surface area contributed by atoms with Gasteiger partial charge in [0.2, 0.25) is 0 Å². The predicted octanol–water partition coefficient (Wildman–Crippen LogP) is 4.82. The van der Waals surface area contributed by atoms with E-state index in [1.54, 1.807) is 10.9 Å². The summed E-state index contributed by atoms with van der Waals surface area (Å²) in [6.07, 6.45) is 4.48. The van der Waals surface area contributed by atoms with E-state index in [9.17, 15) is 4.79 Å². The number of rotatable bonds is 5. The minimum Gasteiger partial charge on any atom is -0.345 e. The maximum absolute atomic E-state index is 13.3. The van der Waals surface area contributed by atoms with Crippen molar-refractivity contribution in [2.75, 3.05) is 0 Å². The van der Waals surface area contributed by atoms with Gasteiger partial charge in [-0.25, -0.2) is 4.98 Å². The molecule has 4 rings (SSSR count). The van der Waals surface area contributed by atoms with Crippen molar-refractivity contribution in [3.8, 4) is 11.3 Å². The van der Waals surface area contributed by atoms with E-state index in [0.29, 0.717) is 5.56 Å². The van der Waals surface area contributed by atoms with E-state index in [1.165, 1.54) is 5.56 Å². The van der Waals surface area contributed by atoms with Crippen LogP contribution in [0.3, 0.4) is 0 Å². The fourth-order valence-electron chi connectivity index (χ4n) is 3.52. The number of hydrogen-bond acceptors (Lipinski definition) is 3. The molecule has 0 aliphatic rings. The van der Waals surface area contributed by atoms with Gasteiger partial charge in [0.25, 0.3) is 5.91 Å². The van der Waals surface area contributed by atoms with Crippen LogP contribution in [0.2, 0.25) is 0 Å². The Labute approximate surface area is 170 Å². The van der Waals surface area contributed by atoms with E-state index in [4.69, 9.17) is 4.98 Å². The average Bonchev–Trinajstić information content (AvgIpc) is 3.18. The minimum absolute atomic E-state index is 0.0446. The molecule has 146 valence electrons. The molecule has 1 N–H and O–H groups in total. The highest BCUT2D eigenvalue weighted by Crippen LogP contribution is 2.26. The van der Waals surface area contributed by atoms with Crippen molar-refractivity contribution in [2.45, 2.75) is 26.3 Å². The second kappa shape index (κ2) is 7.87. The average molecular weight is 384 g/mol. The molecule has 2 aromatic heterocycles. The first-order chi connectivity index (χ1) is 14.0. The van der Waals surface area contributed by atoms with Gasteiger partial charge in [-0.2, -0.15) is 5.10 Å². The van der Waals surface area contributed by atoms with Crippen LogP contribution in [0.25, 0.3) is 22.2 Å². The number of carbonyl (C=O) groups is 1. The summed E-state index contributed by atoms with van der Waals surface area (Å²) in [4.78, 5) is 18.0. The number of benzene rings is 2. The number of aryl methyl sites for hydroxylation is 2. The van der Waals surface area contributed by atoms with Crippen LogP contribution in [0.5, 0.6) is 0 Å². The third kappa shape index (κ3) is 3.90. The van der Waals surface area contributed by atoms with Gasteiger partial charge in [-0.3, -0.25) is 9.48 Å². The monoisotopic (exact) mass is 384 g/mol. The molecule has 0 saturated heterocycles. The Morgan fingerprint density at radius 1 is 1.14 bits per heavy atom. The molecule has 5 heteroatoms. The summed E-state index contributed by atoms with van der Waals surface area (Å²) in [5, 5.41) is 8.28. The molecule has 0 aliphatic heterocycles. The lowest BCUT2D eigenvalue weighted by Crippen LogP contribution is -2.28. The van der Waals surface area contributed by atoms with Gasteiger partial charge in [-0.05, 0) is 31.0 Å². The molecule has 0 fully saturated rings. The first-order valence-corrected chi connectivity index (χ1v) is 9.81. The molecule has 1 atom stereocenters. The number of para-hydroxylation sites is 1. The van der Waals surface area contributed by atoms with Gasteiger partial charge in [-0.1, -0.05) is 55.0 Å². The molecule has 2 heterocycles. The molecule has 0 spiro atoms. The van der Waals surface area contributed by atoms with E-state index in [2.05, 4.69) is 48.5 Å². The lowest BCUT2D eigenvalue weighted by atomic mass is 10.0. The van der Waals surface area contributed by atoms with E-state index in [1.807, 2.05) is 43.6 Å². The molecule has 0 bridgehead atoms. The minimum atomic E-state index is -0.0961. The first-order valence-electron chi connectivity index (χ1n) is 9.81. The summed E-state index contributed by atoms with van der Waals surface area (Å²) in [5.41, 5.74) is 5.36. The van der Waals surface area contributed by atoms with Gasteiger partial charge in [-0.15, -0.1) is 0 Å². The summed E-state index contributed by atoms with van der Waals surface area (Å²) in [6, 6.07) is 17.9. The number of aromatic nitrogens is 3. The van der Waals surface area contributed by atoms with Gasteiger partial charge < -0.3 is 5.32 Å². The summed E-state index contributed by atoms with van der Waals surface area (Å²) in [5.74, 6) is -0.0961. The summed E-state index contributed by atoms with van der Waals surface area (Å²) >= 11 is 0. The van der Waals surface area contributed by atoms with Crippen LogP contribution in [-0.4, -0.2) is 20.7 Å². The van der Waals surface area contributed by atoms with Gasteiger partial charge in [0.05, 0.1) is 29.0 Å². The van der Waals surface area contributed by atoms with Gasteiger partial charge in [0.15, 0.2) is 0 Å². The van der Waals surface area contributed by atoms with Crippen molar-refractivity contribution in [2.24, 2.45) is 7.05 Å². The van der Waals surface area contributed by atoms with Gasteiger partial charge >= 0.3 is 0 Å². The molecular formula is C24H24N4O. The molecule has 0 saturated carbocycles. The number of carbonyl (C=O) groups excluding carboxylic acids is 1. The molecule has 1 unspecified atom stereocenters. The highest BCUT2D eigenvalue weighted by molar-refractivity contribution is 6.07. The molecule has 0 radical (unpaired) electrons. The van der Waals surface area contributed by atoms with Crippen molar-refractivity contribution >= 4 is 16.8 Å². The van der Waals surface area contributed by atoms with Gasteiger partial charge in [0.1, 0.15) is 0 Å². The number of hydrogen-bond donors (Lipinski definition) is 1. The lowest BCUT2D eigenvalue weighted by Gasteiger charge is -2.19. The Morgan fingerprint density at radius 2 is 1.90 bits per heavy atom. The Kier molecular flexibility index (Phi) is 5.12. The van der Waals surface area contributed by atoms with Crippen LogP contribution in [0, 0.1) is 6.92 Å². The fraction of sp³-hybridized carbons (Fsp3) is 0.208. The molecule has 29 heavy (non-hydrogen) atoms. The molecular weight excluding hydrogens is 360 g/mol. The zero-order chi connectivity index (χ0) is 20.4. The van der Waals surface area contributed by atoms with Crippen LogP contribution < -0.4 is 5.32 Å². The predicted molar refractivity (Wildman–Crippen MR) is 116 cm³/mol. The Bertz CT molecular complexity index is 1160. The maximum atomic E-state index is 13.3. The zero-order valence-corrected chi connectivity index (χ0v) is 16.9. The van der Waals surface area contributed by atoms with Crippen LogP contribution in [0.1, 0.15) is 40.9 Å². The molecule has 2 aromatic carbocycles. The number of nitrogens with zero attached hydrogens (tertiary/aromatic N) is 3. The quantitative estimate of drug-likeness (QED) is 0.536. The van der Waals surface area contributed by atoms with Crippen molar-refractivity contribution in [3.05, 3.63) is 83.7 Å². The van der Waals surface area contributed by atoms with Crippen molar-refractivity contribution < 1.29 is 4.79 Å². The SMILES string of the molecule is CCC(NC(=O)c1cc(-c2cnn(C)c2)nc2ccccc12)c1ccc(C)cc1. The summed E-state index contributed by atoms with van der Waals surface area (Å²) in [7, 11) is 1.87. The zero-order valence-electron chi connectivity index (χ0n) is 16.9. The second-order valence-electron chi connectivity index (χ2n) is 7.32. The third-order valence-corrected chi connectivity index (χ3v) is 5.15. The number of amides is 1. The molecule has 1 amide bonds. The Morgan fingerprint density at radius 3 is 2.59 bits per heavy atom. The van der Waals surface area contributed by atoms with E-state index in [0.717, 1.165) is 34.1 Å². The lowest BCUT2D eigenvalue weighted by molar-refractivity contribution is 0.0937. The topological polar surface area (TPSA) is 59.8 Å². The van der Waals surface area contributed by atoms with Crippen LogP contribution >= 0.6 is 0 Å². The highest BCUT2D eigenvalue weighted by Gasteiger charge is 2.18. The largest absolute Gasteiger partial charge is 0.345 e. The van der Waals surface area contributed by atoms with Crippen molar-refractivity contribution in [3.63, 3.8) is 0 Å². The Balaban J connectivity index is 1.73.